The van der Waals surface area contributed by atoms with Crippen LogP contribution in [-0.4, -0.2) is 53.6 Å². The van der Waals surface area contributed by atoms with E-state index in [1.807, 2.05) is 11.8 Å². The second kappa shape index (κ2) is 8.04. The highest BCUT2D eigenvalue weighted by molar-refractivity contribution is 5.96. The minimum Gasteiger partial charge on any atom is -0.478 e. The Morgan fingerprint density at radius 3 is 2.46 bits per heavy atom. The number of carbonyl (C=O) groups excluding carboxylic acids is 1. The molecule has 0 aliphatic carbocycles. The highest BCUT2D eigenvalue weighted by Gasteiger charge is 2.36. The molecule has 2 aromatic rings. The van der Waals surface area contributed by atoms with Gasteiger partial charge in [0.05, 0.1) is 17.7 Å². The molecule has 1 aromatic heterocycles. The summed E-state index contributed by atoms with van der Waals surface area (Å²) in [5.41, 5.74) is -1.23. The number of halogens is 3. The SMILES string of the molecule is CCOc1cc(N2CCN(C(=O)c3ccccc3C(F)(F)F)CC2)nc(C)n1. The van der Waals surface area contributed by atoms with Crippen LogP contribution in [0.4, 0.5) is 19.0 Å². The van der Waals surface area contributed by atoms with Crippen LogP contribution < -0.4 is 9.64 Å². The van der Waals surface area contributed by atoms with Crippen molar-refractivity contribution in [2.75, 3.05) is 37.7 Å². The lowest BCUT2D eigenvalue weighted by Crippen LogP contribution is -2.49. The molecule has 150 valence electrons. The summed E-state index contributed by atoms with van der Waals surface area (Å²) in [7, 11) is 0. The summed E-state index contributed by atoms with van der Waals surface area (Å²) in [4.78, 5) is 24.7. The Balaban J connectivity index is 1.72. The smallest absolute Gasteiger partial charge is 0.417 e. The molecule has 0 N–H and O–H groups in total. The van der Waals surface area contributed by atoms with Crippen LogP contribution in [-0.2, 0) is 6.18 Å². The molecule has 1 aromatic carbocycles. The van der Waals surface area contributed by atoms with E-state index in [0.717, 1.165) is 6.07 Å². The number of amides is 1. The zero-order valence-corrected chi connectivity index (χ0v) is 15.7. The minimum absolute atomic E-state index is 0.304. The summed E-state index contributed by atoms with van der Waals surface area (Å²) in [6.45, 7) is 5.64. The zero-order valence-electron chi connectivity index (χ0n) is 15.7. The molecular formula is C19H21F3N4O2. The van der Waals surface area contributed by atoms with Crippen LogP contribution in [0.3, 0.4) is 0 Å². The number of rotatable bonds is 4. The number of alkyl halides is 3. The number of aromatic nitrogens is 2. The molecule has 0 atom stereocenters. The van der Waals surface area contributed by atoms with Gasteiger partial charge in [-0.3, -0.25) is 4.79 Å². The molecule has 1 saturated heterocycles. The number of hydrogen-bond acceptors (Lipinski definition) is 5. The van der Waals surface area contributed by atoms with E-state index >= 15 is 0 Å². The van der Waals surface area contributed by atoms with Gasteiger partial charge in [-0.15, -0.1) is 0 Å². The quantitative estimate of drug-likeness (QED) is 0.797. The van der Waals surface area contributed by atoms with Crippen molar-refractivity contribution in [2.24, 2.45) is 0 Å². The average Bonchev–Trinajstić information content (AvgIpc) is 2.67. The first kappa shape index (κ1) is 19.9. The lowest BCUT2D eigenvalue weighted by Gasteiger charge is -2.35. The lowest BCUT2D eigenvalue weighted by molar-refractivity contribution is -0.138. The fourth-order valence-electron chi connectivity index (χ4n) is 3.13. The van der Waals surface area contributed by atoms with Crippen molar-refractivity contribution >= 4 is 11.7 Å². The first-order valence-corrected chi connectivity index (χ1v) is 8.98. The molecule has 0 saturated carbocycles. The van der Waals surface area contributed by atoms with E-state index in [2.05, 4.69) is 9.97 Å². The molecule has 1 amide bonds. The maximum atomic E-state index is 13.2. The highest BCUT2D eigenvalue weighted by Crippen LogP contribution is 2.32. The van der Waals surface area contributed by atoms with Crippen LogP contribution in [0.5, 0.6) is 5.88 Å². The van der Waals surface area contributed by atoms with Gasteiger partial charge in [0.2, 0.25) is 5.88 Å². The van der Waals surface area contributed by atoms with Crippen LogP contribution in [0.2, 0.25) is 0 Å². The fraction of sp³-hybridized carbons (Fsp3) is 0.421. The third kappa shape index (κ3) is 4.35. The van der Waals surface area contributed by atoms with Crippen molar-refractivity contribution in [1.29, 1.82) is 0 Å². The molecule has 28 heavy (non-hydrogen) atoms. The molecule has 0 radical (unpaired) electrons. The fourth-order valence-corrected chi connectivity index (χ4v) is 3.13. The van der Waals surface area contributed by atoms with Gasteiger partial charge < -0.3 is 14.5 Å². The van der Waals surface area contributed by atoms with Gasteiger partial charge in [0.15, 0.2) is 0 Å². The van der Waals surface area contributed by atoms with E-state index in [0.29, 0.717) is 50.3 Å². The van der Waals surface area contributed by atoms with E-state index < -0.39 is 17.6 Å². The van der Waals surface area contributed by atoms with Gasteiger partial charge in [0.1, 0.15) is 11.6 Å². The summed E-state index contributed by atoms with van der Waals surface area (Å²) >= 11 is 0. The van der Waals surface area contributed by atoms with Gasteiger partial charge in [-0.25, -0.2) is 4.98 Å². The van der Waals surface area contributed by atoms with Crippen LogP contribution in [0.15, 0.2) is 30.3 Å². The van der Waals surface area contributed by atoms with E-state index in [9.17, 15) is 18.0 Å². The number of hydrogen-bond donors (Lipinski definition) is 0. The molecule has 0 unspecified atom stereocenters. The summed E-state index contributed by atoms with van der Waals surface area (Å²) in [6.07, 6.45) is -4.57. The molecule has 0 spiro atoms. The third-order valence-electron chi connectivity index (χ3n) is 4.45. The second-order valence-electron chi connectivity index (χ2n) is 6.37. The van der Waals surface area contributed by atoms with Crippen molar-refractivity contribution < 1.29 is 22.7 Å². The number of aryl methyl sites for hydroxylation is 1. The molecule has 1 fully saturated rings. The maximum absolute atomic E-state index is 13.2. The van der Waals surface area contributed by atoms with Crippen molar-refractivity contribution in [3.63, 3.8) is 0 Å². The summed E-state index contributed by atoms with van der Waals surface area (Å²) in [6, 6.07) is 6.61. The van der Waals surface area contributed by atoms with Gasteiger partial charge in [0, 0.05) is 32.2 Å². The number of benzene rings is 1. The second-order valence-corrected chi connectivity index (χ2v) is 6.37. The van der Waals surface area contributed by atoms with E-state index in [1.54, 1.807) is 13.0 Å². The Morgan fingerprint density at radius 2 is 1.82 bits per heavy atom. The van der Waals surface area contributed by atoms with Gasteiger partial charge in [-0.05, 0) is 26.0 Å². The van der Waals surface area contributed by atoms with E-state index in [1.165, 1.54) is 23.1 Å². The minimum atomic E-state index is -4.57. The van der Waals surface area contributed by atoms with E-state index in [4.69, 9.17) is 4.74 Å². The van der Waals surface area contributed by atoms with Gasteiger partial charge >= 0.3 is 6.18 Å². The third-order valence-corrected chi connectivity index (χ3v) is 4.45. The van der Waals surface area contributed by atoms with E-state index in [-0.39, 0.29) is 5.56 Å². The zero-order chi connectivity index (χ0) is 20.3. The summed E-state index contributed by atoms with van der Waals surface area (Å²) in [5.74, 6) is 1.11. The summed E-state index contributed by atoms with van der Waals surface area (Å²) in [5, 5.41) is 0. The highest BCUT2D eigenvalue weighted by atomic mass is 19.4. The van der Waals surface area contributed by atoms with Gasteiger partial charge in [-0.1, -0.05) is 12.1 Å². The van der Waals surface area contributed by atoms with Crippen LogP contribution in [0.1, 0.15) is 28.7 Å². The number of ether oxygens (including phenoxy) is 1. The largest absolute Gasteiger partial charge is 0.478 e. The van der Waals surface area contributed by atoms with Crippen molar-refractivity contribution in [3.05, 3.63) is 47.3 Å². The number of anilines is 1. The van der Waals surface area contributed by atoms with Crippen LogP contribution in [0, 0.1) is 6.92 Å². The van der Waals surface area contributed by atoms with Crippen LogP contribution >= 0.6 is 0 Å². The topological polar surface area (TPSA) is 58.6 Å². The van der Waals surface area contributed by atoms with Gasteiger partial charge in [-0.2, -0.15) is 18.2 Å². The Kier molecular flexibility index (Phi) is 5.71. The van der Waals surface area contributed by atoms with Crippen molar-refractivity contribution in [1.82, 2.24) is 14.9 Å². The predicted octanol–water partition coefficient (Wildman–Crippen LogP) is 3.16. The molecule has 3 rings (SSSR count). The standard InChI is InChI=1S/C19H21F3N4O2/c1-3-28-17-12-16(23-13(2)24-17)25-8-10-26(11-9-25)18(27)14-6-4-5-7-15(14)19(20,21)22/h4-7,12H,3,8-11H2,1-2H3. The van der Waals surface area contributed by atoms with Crippen LogP contribution in [0.25, 0.3) is 0 Å². The normalized spacial score (nSPS) is 14.9. The number of nitrogens with zero attached hydrogens (tertiary/aromatic N) is 4. The Bertz CT molecular complexity index is 849. The Morgan fingerprint density at radius 1 is 1.14 bits per heavy atom. The molecule has 9 heteroatoms. The van der Waals surface area contributed by atoms with Crippen molar-refractivity contribution in [2.45, 2.75) is 20.0 Å². The first-order chi connectivity index (χ1) is 13.3. The molecule has 2 heterocycles. The lowest BCUT2D eigenvalue weighted by atomic mass is 10.1. The number of piperazine rings is 1. The molecule has 6 nitrogen and oxygen atoms in total. The average molecular weight is 394 g/mol. The maximum Gasteiger partial charge on any atom is 0.417 e. The molecule has 0 bridgehead atoms. The molecule has 1 aliphatic heterocycles. The first-order valence-electron chi connectivity index (χ1n) is 8.98. The molecular weight excluding hydrogens is 373 g/mol. The van der Waals surface area contributed by atoms with Gasteiger partial charge in [0.25, 0.3) is 5.91 Å². The Hall–Kier alpha value is -2.84. The van der Waals surface area contributed by atoms with Crippen molar-refractivity contribution in [3.8, 4) is 5.88 Å². The monoisotopic (exact) mass is 394 g/mol. The molecule has 1 aliphatic rings. The number of carbonyl (C=O) groups is 1. The predicted molar refractivity (Wildman–Crippen MR) is 97.5 cm³/mol. The summed E-state index contributed by atoms with van der Waals surface area (Å²) < 4.78 is 45.0. The Labute approximate surface area is 160 Å².